The van der Waals surface area contributed by atoms with Crippen LogP contribution in [-0.4, -0.2) is 16.1 Å². The third kappa shape index (κ3) is 2.85. The maximum absolute atomic E-state index is 11.4. The predicted molar refractivity (Wildman–Crippen MR) is 89.1 cm³/mol. The third-order valence-electron chi connectivity index (χ3n) is 3.31. The van der Waals surface area contributed by atoms with Crippen molar-refractivity contribution >= 4 is 40.6 Å². The maximum atomic E-state index is 11.4. The Balaban J connectivity index is 2.08. The fourth-order valence-electron chi connectivity index (χ4n) is 2.24. The predicted octanol–water partition coefficient (Wildman–Crippen LogP) is 4.76. The lowest BCUT2D eigenvalue weighted by molar-refractivity contribution is 0.0699. The number of carboxylic acid groups (broad SMARTS) is 1. The number of pyridine rings is 1. The summed E-state index contributed by atoms with van der Waals surface area (Å²) in [6.07, 6.45) is 3.59. The van der Waals surface area contributed by atoms with E-state index in [9.17, 15) is 9.90 Å². The van der Waals surface area contributed by atoms with Crippen LogP contribution >= 0.6 is 11.6 Å². The van der Waals surface area contributed by atoms with Gasteiger partial charge in [0.1, 0.15) is 0 Å². The largest absolute Gasteiger partial charge is 0.478 e. The quantitative estimate of drug-likeness (QED) is 0.759. The molecular formula is C18H12ClNO2. The van der Waals surface area contributed by atoms with E-state index in [1.165, 1.54) is 0 Å². The van der Waals surface area contributed by atoms with E-state index in [-0.39, 0.29) is 5.56 Å². The number of aromatic nitrogens is 1. The lowest BCUT2D eigenvalue weighted by Crippen LogP contribution is -2.00. The van der Waals surface area contributed by atoms with Gasteiger partial charge in [0, 0.05) is 10.4 Å². The molecule has 3 nitrogen and oxygen atoms in total. The SMILES string of the molecule is O=C(O)c1cc(C=Cc2ccccc2Cl)nc2ccccc12. The molecule has 1 heterocycles. The minimum atomic E-state index is -0.967. The Morgan fingerprint density at radius 3 is 2.55 bits per heavy atom. The van der Waals surface area contributed by atoms with Crippen molar-refractivity contribution < 1.29 is 9.90 Å². The monoisotopic (exact) mass is 309 g/mol. The van der Waals surface area contributed by atoms with Crippen LogP contribution in [0.25, 0.3) is 23.1 Å². The first-order chi connectivity index (χ1) is 10.6. The third-order valence-corrected chi connectivity index (χ3v) is 3.65. The molecule has 4 heteroatoms. The van der Waals surface area contributed by atoms with E-state index >= 15 is 0 Å². The van der Waals surface area contributed by atoms with Crippen molar-refractivity contribution in [2.45, 2.75) is 0 Å². The molecule has 3 rings (SSSR count). The van der Waals surface area contributed by atoms with E-state index < -0.39 is 5.97 Å². The molecule has 0 radical (unpaired) electrons. The summed E-state index contributed by atoms with van der Waals surface area (Å²) in [7, 11) is 0. The summed E-state index contributed by atoms with van der Waals surface area (Å²) in [5, 5.41) is 10.6. The molecule has 22 heavy (non-hydrogen) atoms. The van der Waals surface area contributed by atoms with Gasteiger partial charge in [0.05, 0.1) is 16.8 Å². The fraction of sp³-hybridized carbons (Fsp3) is 0. The van der Waals surface area contributed by atoms with Crippen LogP contribution < -0.4 is 0 Å². The van der Waals surface area contributed by atoms with Gasteiger partial charge in [-0.25, -0.2) is 9.78 Å². The Labute approximate surface area is 132 Å². The minimum Gasteiger partial charge on any atom is -0.478 e. The second-order valence-electron chi connectivity index (χ2n) is 4.77. The van der Waals surface area contributed by atoms with Gasteiger partial charge in [-0.1, -0.05) is 54.1 Å². The van der Waals surface area contributed by atoms with Gasteiger partial charge in [0.25, 0.3) is 0 Å². The molecule has 1 aromatic heterocycles. The number of hydrogen-bond donors (Lipinski definition) is 1. The first-order valence-corrected chi connectivity index (χ1v) is 7.08. The summed E-state index contributed by atoms with van der Waals surface area (Å²) >= 11 is 6.10. The van der Waals surface area contributed by atoms with Crippen molar-refractivity contribution in [3.05, 3.63) is 76.4 Å². The van der Waals surface area contributed by atoms with Crippen LogP contribution in [0.1, 0.15) is 21.6 Å². The van der Waals surface area contributed by atoms with Crippen molar-refractivity contribution in [3.63, 3.8) is 0 Å². The van der Waals surface area contributed by atoms with Crippen molar-refractivity contribution in [3.8, 4) is 0 Å². The number of carboxylic acids is 1. The molecule has 0 amide bonds. The summed E-state index contributed by atoms with van der Waals surface area (Å²) in [5.41, 5.74) is 2.33. The zero-order valence-electron chi connectivity index (χ0n) is 11.5. The van der Waals surface area contributed by atoms with Gasteiger partial charge in [-0.3, -0.25) is 0 Å². The Morgan fingerprint density at radius 1 is 1.05 bits per heavy atom. The van der Waals surface area contributed by atoms with Crippen molar-refractivity contribution in [2.75, 3.05) is 0 Å². The molecule has 0 fully saturated rings. The highest BCUT2D eigenvalue weighted by atomic mass is 35.5. The van der Waals surface area contributed by atoms with Crippen LogP contribution in [-0.2, 0) is 0 Å². The van der Waals surface area contributed by atoms with Gasteiger partial charge in [-0.15, -0.1) is 0 Å². The maximum Gasteiger partial charge on any atom is 0.336 e. The highest BCUT2D eigenvalue weighted by molar-refractivity contribution is 6.32. The van der Waals surface area contributed by atoms with E-state index in [0.29, 0.717) is 21.6 Å². The van der Waals surface area contributed by atoms with Gasteiger partial charge in [0.15, 0.2) is 0 Å². The molecule has 0 unspecified atom stereocenters. The van der Waals surface area contributed by atoms with Crippen LogP contribution in [0, 0.1) is 0 Å². The van der Waals surface area contributed by atoms with Crippen LogP contribution in [0.15, 0.2) is 54.6 Å². The van der Waals surface area contributed by atoms with E-state index in [1.807, 2.05) is 30.3 Å². The molecule has 3 aromatic rings. The average Bonchev–Trinajstić information content (AvgIpc) is 2.53. The average molecular weight is 310 g/mol. The number of benzene rings is 2. The molecule has 0 aliphatic rings. The van der Waals surface area contributed by atoms with Gasteiger partial charge >= 0.3 is 5.97 Å². The fourth-order valence-corrected chi connectivity index (χ4v) is 2.44. The number of hydrogen-bond acceptors (Lipinski definition) is 2. The molecule has 108 valence electrons. The van der Waals surface area contributed by atoms with Crippen LogP contribution in [0.4, 0.5) is 0 Å². The van der Waals surface area contributed by atoms with Crippen molar-refractivity contribution in [1.82, 2.24) is 4.98 Å². The second kappa shape index (κ2) is 6.00. The molecule has 1 N–H and O–H groups in total. The Bertz CT molecular complexity index is 887. The Morgan fingerprint density at radius 2 is 1.77 bits per heavy atom. The summed E-state index contributed by atoms with van der Waals surface area (Å²) in [4.78, 5) is 15.9. The van der Waals surface area contributed by atoms with Gasteiger partial charge in [-0.05, 0) is 29.8 Å². The van der Waals surface area contributed by atoms with Crippen molar-refractivity contribution in [1.29, 1.82) is 0 Å². The first kappa shape index (κ1) is 14.3. The number of nitrogens with zero attached hydrogens (tertiary/aromatic N) is 1. The molecule has 0 aliphatic heterocycles. The number of fused-ring (bicyclic) bond motifs is 1. The number of rotatable bonds is 3. The Kier molecular flexibility index (Phi) is 3.90. The smallest absolute Gasteiger partial charge is 0.336 e. The lowest BCUT2D eigenvalue weighted by Gasteiger charge is -2.04. The zero-order chi connectivity index (χ0) is 15.5. The first-order valence-electron chi connectivity index (χ1n) is 6.71. The molecule has 0 spiro atoms. The van der Waals surface area contributed by atoms with Gasteiger partial charge < -0.3 is 5.11 Å². The van der Waals surface area contributed by atoms with Crippen molar-refractivity contribution in [2.24, 2.45) is 0 Å². The van der Waals surface area contributed by atoms with Crippen LogP contribution in [0.2, 0.25) is 5.02 Å². The highest BCUT2D eigenvalue weighted by Gasteiger charge is 2.10. The van der Waals surface area contributed by atoms with E-state index in [1.54, 1.807) is 36.4 Å². The van der Waals surface area contributed by atoms with E-state index in [0.717, 1.165) is 5.56 Å². The zero-order valence-corrected chi connectivity index (χ0v) is 12.3. The molecule has 0 atom stereocenters. The summed E-state index contributed by atoms with van der Waals surface area (Å²) in [5.74, 6) is -0.967. The van der Waals surface area contributed by atoms with Gasteiger partial charge in [-0.2, -0.15) is 0 Å². The normalized spacial score (nSPS) is 11.1. The topological polar surface area (TPSA) is 50.2 Å². The molecule has 0 bridgehead atoms. The molecule has 0 aliphatic carbocycles. The number of carbonyl (C=O) groups is 1. The number of para-hydroxylation sites is 1. The minimum absolute atomic E-state index is 0.240. The van der Waals surface area contributed by atoms with Crippen LogP contribution in [0.5, 0.6) is 0 Å². The number of aromatic carboxylic acids is 1. The standard InChI is InChI=1S/C18H12ClNO2/c19-16-7-3-1-5-12(16)9-10-13-11-15(18(21)22)14-6-2-4-8-17(14)20-13/h1-11H,(H,21,22). The van der Waals surface area contributed by atoms with E-state index in [2.05, 4.69) is 4.98 Å². The highest BCUT2D eigenvalue weighted by Crippen LogP contribution is 2.21. The molecular weight excluding hydrogens is 298 g/mol. The van der Waals surface area contributed by atoms with Gasteiger partial charge in [0.2, 0.25) is 0 Å². The molecule has 2 aromatic carbocycles. The summed E-state index contributed by atoms with van der Waals surface area (Å²) in [6, 6.07) is 16.2. The number of halogens is 1. The van der Waals surface area contributed by atoms with E-state index in [4.69, 9.17) is 11.6 Å². The Hall–Kier alpha value is -2.65. The summed E-state index contributed by atoms with van der Waals surface area (Å²) in [6.45, 7) is 0. The lowest BCUT2D eigenvalue weighted by atomic mass is 10.1. The second-order valence-corrected chi connectivity index (χ2v) is 5.18. The molecule has 0 saturated heterocycles. The molecule has 0 saturated carbocycles. The summed E-state index contributed by atoms with van der Waals surface area (Å²) < 4.78 is 0. The van der Waals surface area contributed by atoms with Crippen LogP contribution in [0.3, 0.4) is 0 Å².